The number of fused-ring (bicyclic) bond motifs is 1. The lowest BCUT2D eigenvalue weighted by Gasteiger charge is -2.08. The van der Waals surface area contributed by atoms with Crippen LogP contribution in [0.5, 0.6) is 0 Å². The monoisotopic (exact) mass is 416 g/mol. The molecule has 5 rings (SSSR count). The highest BCUT2D eigenvalue weighted by Gasteiger charge is 2.28. The first kappa shape index (κ1) is 19.0. The van der Waals surface area contributed by atoms with Crippen molar-refractivity contribution in [1.29, 1.82) is 0 Å². The van der Waals surface area contributed by atoms with Gasteiger partial charge in [-0.25, -0.2) is 4.98 Å². The minimum Gasteiger partial charge on any atom is -0.336 e. The molecule has 3 heterocycles. The van der Waals surface area contributed by atoms with E-state index in [0.29, 0.717) is 34.0 Å². The van der Waals surface area contributed by atoms with E-state index in [4.69, 9.17) is 4.52 Å². The number of hydrazine groups is 1. The molecule has 0 atom stereocenters. The molecule has 9 heteroatoms. The third-order valence-electron chi connectivity index (χ3n) is 5.34. The van der Waals surface area contributed by atoms with Crippen LogP contribution in [-0.2, 0) is 0 Å². The molecule has 3 N–H and O–H groups in total. The summed E-state index contributed by atoms with van der Waals surface area (Å²) in [4.78, 5) is 29.8. The van der Waals surface area contributed by atoms with Crippen molar-refractivity contribution in [3.63, 3.8) is 0 Å². The quantitative estimate of drug-likeness (QED) is 0.439. The van der Waals surface area contributed by atoms with Gasteiger partial charge in [-0.1, -0.05) is 35.0 Å². The lowest BCUT2D eigenvalue weighted by atomic mass is 10.1. The highest BCUT2D eigenvalue weighted by atomic mass is 16.5. The summed E-state index contributed by atoms with van der Waals surface area (Å²) in [5.74, 6) is -0.637. The number of hydrogen-bond acceptors (Lipinski definition) is 6. The van der Waals surface area contributed by atoms with E-state index in [1.165, 1.54) is 0 Å². The molecule has 1 aliphatic rings. The van der Waals surface area contributed by atoms with Crippen molar-refractivity contribution in [2.24, 2.45) is 0 Å². The number of aromatic nitrogens is 4. The zero-order valence-corrected chi connectivity index (χ0v) is 17.0. The van der Waals surface area contributed by atoms with Gasteiger partial charge in [0.15, 0.2) is 0 Å². The maximum absolute atomic E-state index is 12.8. The Hall–Kier alpha value is -4.01. The summed E-state index contributed by atoms with van der Waals surface area (Å²) in [5, 5.41) is 11.3. The Labute approximate surface area is 177 Å². The summed E-state index contributed by atoms with van der Waals surface area (Å²) in [6.07, 6.45) is 2.07. The van der Waals surface area contributed by atoms with Crippen LogP contribution in [0.1, 0.15) is 56.6 Å². The van der Waals surface area contributed by atoms with E-state index in [0.717, 1.165) is 29.7 Å². The van der Waals surface area contributed by atoms with Gasteiger partial charge in [0.05, 0.1) is 22.3 Å². The molecule has 156 valence electrons. The fourth-order valence-corrected chi connectivity index (χ4v) is 3.44. The first-order valence-electron chi connectivity index (χ1n) is 9.99. The molecule has 0 bridgehead atoms. The number of nitrogens with zero attached hydrogens (tertiary/aromatic N) is 3. The minimum absolute atomic E-state index is 0.232. The summed E-state index contributed by atoms with van der Waals surface area (Å²) < 4.78 is 5.26. The molecular formula is C22H20N6O3. The molecule has 31 heavy (non-hydrogen) atoms. The predicted octanol–water partition coefficient (Wildman–Crippen LogP) is 3.18. The maximum Gasteiger partial charge on any atom is 0.287 e. The number of aryl methyl sites for hydroxylation is 2. The Balaban J connectivity index is 1.32. The molecule has 4 aromatic rings. The summed E-state index contributed by atoms with van der Waals surface area (Å²) in [6, 6.07) is 11.2. The van der Waals surface area contributed by atoms with Crippen LogP contribution in [0.15, 0.2) is 40.9 Å². The van der Waals surface area contributed by atoms with E-state index in [1.54, 1.807) is 19.1 Å². The fourth-order valence-electron chi connectivity index (χ4n) is 3.44. The van der Waals surface area contributed by atoms with Gasteiger partial charge in [0.2, 0.25) is 0 Å². The van der Waals surface area contributed by atoms with Crippen molar-refractivity contribution in [3.8, 4) is 11.3 Å². The zero-order valence-electron chi connectivity index (χ0n) is 17.0. The molecule has 2 amide bonds. The van der Waals surface area contributed by atoms with Crippen LogP contribution >= 0.6 is 0 Å². The number of amides is 2. The van der Waals surface area contributed by atoms with E-state index in [-0.39, 0.29) is 5.69 Å². The Morgan fingerprint density at radius 3 is 2.55 bits per heavy atom. The number of carbonyl (C=O) groups excluding carboxylic acids is 2. The molecule has 1 aromatic carbocycles. The standard InChI is InChI=1S/C22H20N6O3/c1-11-3-5-14(6-4-11)17-10-18(25-24-17)21(30)27-26-20(29)15-9-16(13-7-8-13)23-22-19(15)12(2)28-31-22/h3-6,9-10,13H,7-8H2,1-2H3,(H,24,25)(H,26,29)(H,27,30). The number of carbonyl (C=O) groups is 2. The van der Waals surface area contributed by atoms with Gasteiger partial charge in [-0.05, 0) is 38.8 Å². The lowest BCUT2D eigenvalue weighted by molar-refractivity contribution is 0.0844. The molecule has 0 unspecified atom stereocenters. The van der Waals surface area contributed by atoms with Crippen molar-refractivity contribution in [2.45, 2.75) is 32.6 Å². The first-order valence-corrected chi connectivity index (χ1v) is 9.99. The fraction of sp³-hybridized carbons (Fsp3) is 0.227. The smallest absolute Gasteiger partial charge is 0.287 e. The van der Waals surface area contributed by atoms with Crippen LogP contribution in [-0.4, -0.2) is 32.2 Å². The number of benzene rings is 1. The number of hydrogen-bond donors (Lipinski definition) is 3. The van der Waals surface area contributed by atoms with Gasteiger partial charge in [0.25, 0.3) is 17.5 Å². The molecule has 1 aliphatic carbocycles. The van der Waals surface area contributed by atoms with Gasteiger partial charge in [0, 0.05) is 17.2 Å². The van der Waals surface area contributed by atoms with Gasteiger partial charge in [-0.2, -0.15) is 5.10 Å². The number of H-pyrrole nitrogens is 1. The third-order valence-corrected chi connectivity index (χ3v) is 5.34. The van der Waals surface area contributed by atoms with Crippen LogP contribution in [0.25, 0.3) is 22.4 Å². The number of aromatic amines is 1. The molecule has 1 saturated carbocycles. The van der Waals surface area contributed by atoms with Crippen molar-refractivity contribution in [1.82, 2.24) is 31.2 Å². The average Bonchev–Trinajstić information content (AvgIpc) is 3.39. The second-order valence-electron chi connectivity index (χ2n) is 7.76. The topological polar surface area (TPSA) is 126 Å². The van der Waals surface area contributed by atoms with Gasteiger partial charge in [-0.15, -0.1) is 0 Å². The highest BCUT2D eigenvalue weighted by molar-refractivity contribution is 6.07. The number of pyridine rings is 1. The van der Waals surface area contributed by atoms with E-state index in [9.17, 15) is 9.59 Å². The molecule has 3 aromatic heterocycles. The van der Waals surface area contributed by atoms with Crippen LogP contribution in [0.3, 0.4) is 0 Å². The second kappa shape index (κ2) is 7.35. The summed E-state index contributed by atoms with van der Waals surface area (Å²) in [7, 11) is 0. The Bertz CT molecular complexity index is 1300. The summed E-state index contributed by atoms with van der Waals surface area (Å²) >= 11 is 0. The molecule has 1 fully saturated rings. The van der Waals surface area contributed by atoms with E-state index in [1.807, 2.05) is 31.2 Å². The lowest BCUT2D eigenvalue weighted by Crippen LogP contribution is -2.42. The SMILES string of the molecule is Cc1ccc(-c2cc(C(=O)NNC(=O)c3cc(C4CC4)nc4onc(C)c34)[nH]n2)cc1. The van der Waals surface area contributed by atoms with Crippen molar-refractivity contribution in [3.05, 3.63) is 64.6 Å². The number of rotatable bonds is 4. The van der Waals surface area contributed by atoms with Crippen LogP contribution < -0.4 is 10.9 Å². The van der Waals surface area contributed by atoms with Crippen LogP contribution in [0.4, 0.5) is 0 Å². The van der Waals surface area contributed by atoms with Crippen LogP contribution in [0.2, 0.25) is 0 Å². The van der Waals surface area contributed by atoms with Gasteiger partial charge in [0.1, 0.15) is 5.69 Å². The van der Waals surface area contributed by atoms with Crippen molar-refractivity contribution < 1.29 is 14.1 Å². The van der Waals surface area contributed by atoms with Crippen molar-refractivity contribution in [2.75, 3.05) is 0 Å². The number of nitrogens with one attached hydrogen (secondary N) is 3. The molecule has 9 nitrogen and oxygen atoms in total. The normalized spacial score (nSPS) is 13.4. The molecule has 0 spiro atoms. The average molecular weight is 416 g/mol. The van der Waals surface area contributed by atoms with E-state index >= 15 is 0 Å². The largest absolute Gasteiger partial charge is 0.336 e. The minimum atomic E-state index is -0.506. The third kappa shape index (κ3) is 3.65. The van der Waals surface area contributed by atoms with E-state index < -0.39 is 11.8 Å². The second-order valence-corrected chi connectivity index (χ2v) is 7.76. The summed E-state index contributed by atoms with van der Waals surface area (Å²) in [6.45, 7) is 3.75. The molecule has 0 saturated heterocycles. The van der Waals surface area contributed by atoms with Gasteiger partial charge in [-0.3, -0.25) is 25.5 Å². The van der Waals surface area contributed by atoms with Gasteiger partial charge < -0.3 is 4.52 Å². The van der Waals surface area contributed by atoms with Crippen molar-refractivity contribution >= 4 is 22.9 Å². The Kier molecular flexibility index (Phi) is 4.50. The molecular weight excluding hydrogens is 396 g/mol. The Morgan fingerprint density at radius 1 is 1.06 bits per heavy atom. The predicted molar refractivity (Wildman–Crippen MR) is 112 cm³/mol. The van der Waals surface area contributed by atoms with Gasteiger partial charge >= 0.3 is 0 Å². The molecule has 0 aliphatic heterocycles. The Morgan fingerprint density at radius 2 is 1.81 bits per heavy atom. The zero-order chi connectivity index (χ0) is 21.5. The van der Waals surface area contributed by atoms with E-state index in [2.05, 4.69) is 31.2 Å². The first-order chi connectivity index (χ1) is 15.0. The summed E-state index contributed by atoms with van der Waals surface area (Å²) in [5.41, 5.74) is 9.86. The highest BCUT2D eigenvalue weighted by Crippen LogP contribution is 2.40. The van der Waals surface area contributed by atoms with Crippen LogP contribution in [0, 0.1) is 13.8 Å². The molecule has 0 radical (unpaired) electrons. The maximum atomic E-state index is 12.8.